The van der Waals surface area contributed by atoms with Crippen molar-refractivity contribution in [2.24, 2.45) is 5.92 Å². The molecule has 4 heteroatoms. The Morgan fingerprint density at radius 2 is 2.11 bits per heavy atom. The van der Waals surface area contributed by atoms with Gasteiger partial charge in [-0.05, 0) is 18.9 Å². The van der Waals surface area contributed by atoms with Crippen molar-refractivity contribution >= 4 is 11.8 Å². The lowest BCUT2D eigenvalue weighted by Crippen LogP contribution is -2.44. The minimum absolute atomic E-state index is 0.0511. The zero-order chi connectivity index (χ0) is 13.7. The predicted octanol–water partition coefficient (Wildman–Crippen LogP) is 1.56. The van der Waals surface area contributed by atoms with Crippen LogP contribution in [-0.4, -0.2) is 29.8 Å². The van der Waals surface area contributed by atoms with Gasteiger partial charge in [0, 0.05) is 26.1 Å². The number of amides is 2. The Morgan fingerprint density at radius 1 is 1.37 bits per heavy atom. The molecule has 1 saturated heterocycles. The highest BCUT2D eigenvalue weighted by Crippen LogP contribution is 2.16. The third-order valence-electron chi connectivity index (χ3n) is 3.52. The van der Waals surface area contributed by atoms with Crippen molar-refractivity contribution in [1.82, 2.24) is 10.2 Å². The molecule has 0 saturated carbocycles. The maximum atomic E-state index is 12.4. The second-order valence-electron chi connectivity index (χ2n) is 4.88. The number of nitrogens with zero attached hydrogens (tertiary/aromatic N) is 1. The summed E-state index contributed by atoms with van der Waals surface area (Å²) in [7, 11) is 0. The number of carbonyl (C=O) groups excluding carboxylic acids is 2. The lowest BCUT2D eigenvalue weighted by atomic mass is 9.97. The Morgan fingerprint density at radius 3 is 2.68 bits per heavy atom. The van der Waals surface area contributed by atoms with Gasteiger partial charge in [-0.25, -0.2) is 0 Å². The number of benzene rings is 1. The third kappa shape index (κ3) is 3.56. The standard InChI is InChI=1S/C15H20N2O2/c1-2-17(11-12-6-4-3-5-7-12)15(19)13-8-9-14(18)16-10-13/h3-7,13H,2,8-11H2,1H3,(H,16,18). The minimum atomic E-state index is -0.0682. The molecule has 2 amide bonds. The molecule has 0 bridgehead atoms. The Labute approximate surface area is 113 Å². The molecular formula is C15H20N2O2. The summed E-state index contributed by atoms with van der Waals surface area (Å²) < 4.78 is 0. The number of rotatable bonds is 4. The van der Waals surface area contributed by atoms with Crippen LogP contribution in [0.4, 0.5) is 0 Å². The zero-order valence-electron chi connectivity index (χ0n) is 11.3. The van der Waals surface area contributed by atoms with Crippen molar-refractivity contribution < 1.29 is 9.59 Å². The van der Waals surface area contributed by atoms with Crippen LogP contribution in [-0.2, 0) is 16.1 Å². The van der Waals surface area contributed by atoms with Gasteiger partial charge in [0.25, 0.3) is 0 Å². The van der Waals surface area contributed by atoms with E-state index in [0.717, 1.165) is 5.56 Å². The molecule has 4 nitrogen and oxygen atoms in total. The molecule has 1 aromatic carbocycles. The fraction of sp³-hybridized carbons (Fsp3) is 0.467. The number of hydrogen-bond acceptors (Lipinski definition) is 2. The van der Waals surface area contributed by atoms with Crippen LogP contribution in [0.3, 0.4) is 0 Å². The van der Waals surface area contributed by atoms with E-state index in [2.05, 4.69) is 5.32 Å². The largest absolute Gasteiger partial charge is 0.355 e. The van der Waals surface area contributed by atoms with Gasteiger partial charge in [0.1, 0.15) is 0 Å². The van der Waals surface area contributed by atoms with E-state index in [1.807, 2.05) is 42.2 Å². The average Bonchev–Trinajstić information content (AvgIpc) is 2.46. The molecule has 19 heavy (non-hydrogen) atoms. The molecule has 1 heterocycles. The van der Waals surface area contributed by atoms with Gasteiger partial charge in [-0.3, -0.25) is 9.59 Å². The second kappa shape index (κ2) is 6.36. The molecule has 1 aromatic rings. The highest BCUT2D eigenvalue weighted by atomic mass is 16.2. The average molecular weight is 260 g/mol. The predicted molar refractivity (Wildman–Crippen MR) is 73.3 cm³/mol. The lowest BCUT2D eigenvalue weighted by Gasteiger charge is -2.28. The summed E-state index contributed by atoms with van der Waals surface area (Å²) in [5, 5.41) is 2.77. The van der Waals surface area contributed by atoms with Gasteiger partial charge < -0.3 is 10.2 Å². The quantitative estimate of drug-likeness (QED) is 0.893. The first-order valence-electron chi connectivity index (χ1n) is 6.80. The van der Waals surface area contributed by atoms with E-state index in [9.17, 15) is 9.59 Å². The molecule has 1 aliphatic rings. The molecular weight excluding hydrogens is 240 g/mol. The van der Waals surface area contributed by atoms with E-state index in [1.165, 1.54) is 0 Å². The van der Waals surface area contributed by atoms with Gasteiger partial charge in [-0.1, -0.05) is 30.3 Å². The molecule has 1 N–H and O–H groups in total. The smallest absolute Gasteiger partial charge is 0.227 e. The van der Waals surface area contributed by atoms with Crippen molar-refractivity contribution in [3.05, 3.63) is 35.9 Å². The van der Waals surface area contributed by atoms with Crippen molar-refractivity contribution in [2.45, 2.75) is 26.3 Å². The summed E-state index contributed by atoms with van der Waals surface area (Å²) in [6.07, 6.45) is 1.12. The topological polar surface area (TPSA) is 49.4 Å². The van der Waals surface area contributed by atoms with Crippen LogP contribution in [0.25, 0.3) is 0 Å². The van der Waals surface area contributed by atoms with Crippen molar-refractivity contribution in [3.63, 3.8) is 0 Å². The normalized spacial score (nSPS) is 18.8. The number of nitrogens with one attached hydrogen (secondary N) is 1. The van der Waals surface area contributed by atoms with Gasteiger partial charge >= 0.3 is 0 Å². The van der Waals surface area contributed by atoms with E-state index < -0.39 is 0 Å². The first kappa shape index (κ1) is 13.6. The summed E-state index contributed by atoms with van der Waals surface area (Å²) in [5.41, 5.74) is 1.14. The monoisotopic (exact) mass is 260 g/mol. The van der Waals surface area contributed by atoms with Gasteiger partial charge in [0.15, 0.2) is 0 Å². The Balaban J connectivity index is 1.97. The molecule has 1 unspecified atom stereocenters. The van der Waals surface area contributed by atoms with E-state index in [-0.39, 0.29) is 17.7 Å². The van der Waals surface area contributed by atoms with Crippen LogP contribution in [0, 0.1) is 5.92 Å². The highest BCUT2D eigenvalue weighted by Gasteiger charge is 2.27. The van der Waals surface area contributed by atoms with E-state index in [4.69, 9.17) is 0 Å². The Hall–Kier alpha value is -1.84. The van der Waals surface area contributed by atoms with Gasteiger partial charge in [0.05, 0.1) is 5.92 Å². The SMILES string of the molecule is CCN(Cc1ccccc1)C(=O)C1CCC(=O)NC1. The van der Waals surface area contributed by atoms with Crippen LogP contribution < -0.4 is 5.32 Å². The summed E-state index contributed by atoms with van der Waals surface area (Å²) in [5.74, 6) is 0.128. The molecule has 1 aliphatic heterocycles. The fourth-order valence-corrected chi connectivity index (χ4v) is 2.35. The Kier molecular flexibility index (Phi) is 4.55. The minimum Gasteiger partial charge on any atom is -0.355 e. The maximum Gasteiger partial charge on any atom is 0.227 e. The van der Waals surface area contributed by atoms with E-state index in [1.54, 1.807) is 0 Å². The zero-order valence-corrected chi connectivity index (χ0v) is 11.3. The number of hydrogen-bond donors (Lipinski definition) is 1. The molecule has 2 rings (SSSR count). The molecule has 1 atom stereocenters. The van der Waals surface area contributed by atoms with E-state index >= 15 is 0 Å². The van der Waals surface area contributed by atoms with E-state index in [0.29, 0.717) is 32.5 Å². The van der Waals surface area contributed by atoms with Crippen molar-refractivity contribution in [2.75, 3.05) is 13.1 Å². The number of piperidine rings is 1. The van der Waals surface area contributed by atoms with Crippen LogP contribution in [0.15, 0.2) is 30.3 Å². The van der Waals surface area contributed by atoms with Crippen LogP contribution in [0.2, 0.25) is 0 Å². The highest BCUT2D eigenvalue weighted by molar-refractivity contribution is 5.83. The Bertz CT molecular complexity index is 435. The fourth-order valence-electron chi connectivity index (χ4n) is 2.35. The second-order valence-corrected chi connectivity index (χ2v) is 4.88. The molecule has 0 aromatic heterocycles. The van der Waals surface area contributed by atoms with Crippen LogP contribution >= 0.6 is 0 Å². The number of carbonyl (C=O) groups is 2. The molecule has 1 fully saturated rings. The van der Waals surface area contributed by atoms with Gasteiger partial charge in [-0.2, -0.15) is 0 Å². The van der Waals surface area contributed by atoms with Gasteiger partial charge in [0.2, 0.25) is 11.8 Å². The molecule has 0 radical (unpaired) electrons. The molecule has 0 spiro atoms. The summed E-state index contributed by atoms with van der Waals surface area (Å²) in [4.78, 5) is 25.4. The third-order valence-corrected chi connectivity index (χ3v) is 3.52. The summed E-state index contributed by atoms with van der Waals surface area (Å²) in [6.45, 7) is 3.80. The lowest BCUT2D eigenvalue weighted by molar-refractivity contribution is -0.137. The first-order valence-corrected chi connectivity index (χ1v) is 6.80. The van der Waals surface area contributed by atoms with Crippen molar-refractivity contribution in [1.29, 1.82) is 0 Å². The molecule has 102 valence electrons. The van der Waals surface area contributed by atoms with Crippen LogP contribution in [0.1, 0.15) is 25.3 Å². The van der Waals surface area contributed by atoms with Crippen molar-refractivity contribution in [3.8, 4) is 0 Å². The molecule has 0 aliphatic carbocycles. The summed E-state index contributed by atoms with van der Waals surface area (Å²) in [6, 6.07) is 9.98. The maximum absolute atomic E-state index is 12.4. The summed E-state index contributed by atoms with van der Waals surface area (Å²) >= 11 is 0. The first-order chi connectivity index (χ1) is 9.20. The van der Waals surface area contributed by atoms with Crippen LogP contribution in [0.5, 0.6) is 0 Å². The van der Waals surface area contributed by atoms with Gasteiger partial charge in [-0.15, -0.1) is 0 Å².